The Morgan fingerprint density at radius 3 is 2.08 bits per heavy atom. The number of nitrogens with zero attached hydrogens (tertiary/aromatic N) is 4. The average Bonchev–Trinajstić information content (AvgIpc) is 3.75. The zero-order valence-corrected chi connectivity index (χ0v) is 37.0. The van der Waals surface area contributed by atoms with Gasteiger partial charge < -0.3 is 19.1 Å². The summed E-state index contributed by atoms with van der Waals surface area (Å²) in [6, 6.07) is 49.6. The maximum absolute atomic E-state index is 14.0. The van der Waals surface area contributed by atoms with Gasteiger partial charge in [-0.05, 0) is 86.5 Å². The van der Waals surface area contributed by atoms with Gasteiger partial charge in [0.15, 0.2) is 0 Å². The monoisotopic (exact) mass is 992 g/mol. The largest absolute Gasteiger partial charge is 0.509 e. The van der Waals surface area contributed by atoms with Crippen LogP contribution in [0.25, 0.3) is 38.8 Å². The van der Waals surface area contributed by atoms with Crippen molar-refractivity contribution in [3.8, 4) is 28.4 Å². The number of pyridine rings is 1. The van der Waals surface area contributed by atoms with Gasteiger partial charge in [0, 0.05) is 62.2 Å². The number of benzene rings is 6. The minimum absolute atomic E-state index is 0. The van der Waals surface area contributed by atoms with Gasteiger partial charge in [-0.2, -0.15) is 32.0 Å². The van der Waals surface area contributed by atoms with Crippen molar-refractivity contribution in [2.45, 2.75) is 65.1 Å². The summed E-state index contributed by atoms with van der Waals surface area (Å²) >= 11 is 0. The van der Waals surface area contributed by atoms with E-state index in [1.807, 2.05) is 47.0 Å². The third-order valence-electron chi connectivity index (χ3n) is 11.1. The van der Waals surface area contributed by atoms with Crippen LogP contribution in [0.5, 0.6) is 11.5 Å². The van der Waals surface area contributed by atoms with E-state index in [-0.39, 0.29) is 31.9 Å². The number of ether oxygens (including phenoxy) is 1. The Morgan fingerprint density at radius 1 is 0.623 bits per heavy atom. The first-order valence-electron chi connectivity index (χ1n) is 20.0. The van der Waals surface area contributed by atoms with E-state index >= 15 is 0 Å². The van der Waals surface area contributed by atoms with E-state index < -0.39 is 11.7 Å². The third-order valence-corrected chi connectivity index (χ3v) is 11.1. The Hall–Kier alpha value is -5.85. The van der Waals surface area contributed by atoms with Gasteiger partial charge in [0.25, 0.3) is 0 Å². The van der Waals surface area contributed by atoms with Crippen molar-refractivity contribution in [2.24, 2.45) is 0 Å². The van der Waals surface area contributed by atoms with E-state index in [2.05, 4.69) is 136 Å². The normalized spacial score (nSPS) is 13.1. The maximum atomic E-state index is 14.0. The molecule has 0 aliphatic carbocycles. The standard InChI is InChI=1S/C52H44F3N4O.Pt/c1-50(2,3)37-23-24-56-49(29-37)59-45-22-19-38(52(53,54)55)28-44(45)43-21-20-42(31-48(43)59)60-41-16-12-15-40(30-41)58-33-57(46-17-10-11-18-47(46)58)32-34-25-36(35-13-8-7-9-14-35)27-39(26-34)51(4,5)6;/h7-29,33H,32H2,1-6H3;/q-3;. The van der Waals surface area contributed by atoms with Gasteiger partial charge in [-0.1, -0.05) is 108 Å². The fraction of sp³-hybridized carbons (Fsp3) is 0.192. The van der Waals surface area contributed by atoms with Crippen molar-refractivity contribution < 1.29 is 39.0 Å². The van der Waals surface area contributed by atoms with Crippen LogP contribution in [0, 0.1) is 18.8 Å². The maximum Gasteiger partial charge on any atom is 0.416 e. The number of aromatic nitrogens is 2. The van der Waals surface area contributed by atoms with Crippen LogP contribution in [0.15, 0.2) is 140 Å². The summed E-state index contributed by atoms with van der Waals surface area (Å²) in [4.78, 5) is 9.06. The summed E-state index contributed by atoms with van der Waals surface area (Å²) in [6.45, 7) is 15.8. The Labute approximate surface area is 369 Å². The van der Waals surface area contributed by atoms with E-state index in [0.717, 1.165) is 28.7 Å². The van der Waals surface area contributed by atoms with Crippen LogP contribution in [0.1, 0.15) is 63.8 Å². The summed E-state index contributed by atoms with van der Waals surface area (Å²) < 4.78 is 50.2. The first kappa shape index (κ1) is 41.9. The number of fused-ring (bicyclic) bond motifs is 4. The van der Waals surface area contributed by atoms with Gasteiger partial charge in [0.05, 0.1) is 5.56 Å². The summed E-state index contributed by atoms with van der Waals surface area (Å²) in [7, 11) is 0. The molecule has 0 N–H and O–H groups in total. The molecule has 3 heterocycles. The van der Waals surface area contributed by atoms with Crippen molar-refractivity contribution >= 4 is 38.9 Å². The van der Waals surface area contributed by atoms with Crippen molar-refractivity contribution in [3.05, 3.63) is 181 Å². The van der Waals surface area contributed by atoms with Crippen molar-refractivity contribution in [2.75, 3.05) is 9.80 Å². The Morgan fingerprint density at radius 2 is 1.34 bits per heavy atom. The van der Waals surface area contributed by atoms with E-state index in [4.69, 9.17) is 4.74 Å². The number of alkyl halides is 3. The molecule has 312 valence electrons. The zero-order chi connectivity index (χ0) is 42.0. The Bertz CT molecular complexity index is 2890. The minimum Gasteiger partial charge on any atom is -0.509 e. The summed E-state index contributed by atoms with van der Waals surface area (Å²) in [5.41, 5.74) is 9.00. The molecule has 61 heavy (non-hydrogen) atoms. The second kappa shape index (κ2) is 15.9. The van der Waals surface area contributed by atoms with Crippen molar-refractivity contribution in [3.63, 3.8) is 0 Å². The number of halogens is 3. The minimum atomic E-state index is -4.49. The second-order valence-electron chi connectivity index (χ2n) is 17.4. The fourth-order valence-corrected chi connectivity index (χ4v) is 7.86. The molecule has 0 spiro atoms. The summed E-state index contributed by atoms with van der Waals surface area (Å²) in [5, 5.41) is 1.06. The Kier molecular flexibility index (Phi) is 10.9. The first-order chi connectivity index (χ1) is 28.6. The van der Waals surface area contributed by atoms with Gasteiger partial charge in [-0.25, -0.2) is 4.98 Å². The van der Waals surface area contributed by atoms with Gasteiger partial charge >= 0.3 is 6.18 Å². The smallest absolute Gasteiger partial charge is 0.416 e. The summed E-state index contributed by atoms with van der Waals surface area (Å²) in [6.07, 6.45) is -2.76. The van der Waals surface area contributed by atoms with E-state index in [1.165, 1.54) is 34.4 Å². The number of hydrogen-bond acceptors (Lipinski definition) is 4. The van der Waals surface area contributed by atoms with E-state index in [1.54, 1.807) is 18.3 Å². The molecule has 0 amide bonds. The number of para-hydroxylation sites is 2. The number of hydrogen-bond donors (Lipinski definition) is 0. The van der Waals surface area contributed by atoms with Crippen LogP contribution in [-0.4, -0.2) is 9.55 Å². The number of anilines is 3. The molecule has 6 aromatic carbocycles. The van der Waals surface area contributed by atoms with Gasteiger partial charge in [-0.3, -0.25) is 0 Å². The molecule has 2 aromatic heterocycles. The van der Waals surface area contributed by atoms with Crippen LogP contribution in [0.4, 0.5) is 30.2 Å². The Balaban J connectivity index is 0.00000514. The molecule has 9 rings (SSSR count). The fourth-order valence-electron chi connectivity index (χ4n) is 7.86. The van der Waals surface area contributed by atoms with Crippen molar-refractivity contribution in [1.29, 1.82) is 0 Å². The van der Waals surface area contributed by atoms with Crippen LogP contribution < -0.4 is 14.5 Å². The van der Waals surface area contributed by atoms with Crippen LogP contribution in [-0.2, 0) is 44.6 Å². The van der Waals surface area contributed by atoms with Crippen LogP contribution >= 0.6 is 0 Å². The summed E-state index contributed by atoms with van der Waals surface area (Å²) in [5.74, 6) is 1.44. The van der Waals surface area contributed by atoms with Gasteiger partial charge in [0.2, 0.25) is 0 Å². The molecular weight excluding hydrogens is 949 g/mol. The average molecular weight is 993 g/mol. The zero-order valence-electron chi connectivity index (χ0n) is 34.7. The third kappa shape index (κ3) is 8.31. The second-order valence-corrected chi connectivity index (χ2v) is 17.4. The van der Waals surface area contributed by atoms with E-state index in [9.17, 15) is 13.2 Å². The molecular formula is C52H44F3N4OPt-3. The molecule has 0 radical (unpaired) electrons. The van der Waals surface area contributed by atoms with Gasteiger partial charge in [-0.15, -0.1) is 41.4 Å². The molecule has 0 unspecified atom stereocenters. The molecule has 0 saturated carbocycles. The molecule has 0 atom stereocenters. The molecule has 8 aromatic rings. The van der Waals surface area contributed by atoms with Crippen molar-refractivity contribution in [1.82, 2.24) is 9.55 Å². The quantitative estimate of drug-likeness (QED) is 0.149. The molecule has 0 fully saturated rings. The molecule has 0 saturated heterocycles. The topological polar surface area (TPSA) is 33.5 Å². The van der Waals surface area contributed by atoms with Gasteiger partial charge in [0.1, 0.15) is 5.82 Å². The van der Waals surface area contributed by atoms with Crippen LogP contribution in [0.3, 0.4) is 0 Å². The predicted octanol–water partition coefficient (Wildman–Crippen LogP) is 14.1. The molecule has 1 aliphatic rings. The van der Waals surface area contributed by atoms with Crippen LogP contribution in [0.2, 0.25) is 0 Å². The first-order valence-corrected chi connectivity index (χ1v) is 20.0. The molecule has 0 bridgehead atoms. The molecule has 1 aliphatic heterocycles. The molecule has 5 nitrogen and oxygen atoms in total. The van der Waals surface area contributed by atoms with E-state index in [0.29, 0.717) is 45.7 Å². The SMILES string of the molecule is CC(C)(C)c1cc(CN2[CH-]N(c3[c-]c(Oc4[c-]c5c(cc4)c4cc(C(F)(F)F)ccc4n5-c4cc(C(C)(C)C)ccn4)ccc3)c3ccccc32)cc(-c2ccccc2)c1.[Pt]. The number of rotatable bonds is 7. The molecule has 9 heteroatoms. The predicted molar refractivity (Wildman–Crippen MR) is 236 cm³/mol.